The van der Waals surface area contributed by atoms with E-state index in [1.54, 1.807) is 30.3 Å². The van der Waals surface area contributed by atoms with Crippen molar-refractivity contribution in [3.8, 4) is 11.5 Å². The number of carbonyl (C=O) groups excluding carboxylic acids is 3. The van der Waals surface area contributed by atoms with E-state index in [2.05, 4.69) is 15.9 Å². The van der Waals surface area contributed by atoms with Crippen molar-refractivity contribution >= 4 is 50.9 Å². The second-order valence-corrected chi connectivity index (χ2v) is 9.87. The van der Waals surface area contributed by atoms with Crippen LogP contribution in [0.25, 0.3) is 6.08 Å². The molecule has 186 valence electrons. The van der Waals surface area contributed by atoms with Gasteiger partial charge in [0.2, 0.25) is 0 Å². The summed E-state index contributed by atoms with van der Waals surface area (Å²) >= 11 is 4.23. The van der Waals surface area contributed by atoms with Gasteiger partial charge in [-0.05, 0) is 82.0 Å². The molecule has 0 unspecified atom stereocenters. The van der Waals surface area contributed by atoms with Crippen molar-refractivity contribution in [2.24, 2.45) is 5.92 Å². The van der Waals surface area contributed by atoms with Crippen molar-refractivity contribution in [3.05, 3.63) is 62.7 Å². The average Bonchev–Trinajstić information content (AvgIpc) is 3.05. The van der Waals surface area contributed by atoms with Gasteiger partial charge in [0.25, 0.3) is 11.1 Å². The largest absolute Gasteiger partial charge is 0.490 e. The maximum atomic E-state index is 13.1. The molecule has 2 aromatic carbocycles. The normalized spacial score (nSPS) is 14.7. The number of ether oxygens (including phenoxy) is 3. The van der Waals surface area contributed by atoms with E-state index in [4.69, 9.17) is 14.2 Å². The van der Waals surface area contributed by atoms with Crippen LogP contribution >= 0.6 is 27.7 Å². The maximum Gasteiger partial charge on any atom is 0.326 e. The van der Waals surface area contributed by atoms with Crippen molar-refractivity contribution in [1.29, 1.82) is 0 Å². The highest BCUT2D eigenvalue weighted by molar-refractivity contribution is 9.10. The molecule has 0 aliphatic carbocycles. The van der Waals surface area contributed by atoms with Gasteiger partial charge in [-0.1, -0.05) is 26.0 Å². The number of amides is 2. The smallest absolute Gasteiger partial charge is 0.326 e. The Hall–Kier alpha value is -2.85. The Morgan fingerprint density at radius 3 is 2.54 bits per heavy atom. The zero-order chi connectivity index (χ0) is 25.5. The molecule has 0 bridgehead atoms. The number of thioether (sulfide) groups is 1. The fourth-order valence-electron chi connectivity index (χ4n) is 3.03. The summed E-state index contributed by atoms with van der Waals surface area (Å²) in [7, 11) is 0. The SMILES string of the molecule is CCOc1cc(/C=C2\SC(=O)N(CC(=O)OCC(C)C)C2=O)cc(Br)c1OCc1ccc(F)cc1. The second-order valence-electron chi connectivity index (χ2n) is 8.02. The summed E-state index contributed by atoms with van der Waals surface area (Å²) in [5.41, 5.74) is 1.38. The van der Waals surface area contributed by atoms with Crippen molar-refractivity contribution in [1.82, 2.24) is 4.90 Å². The molecule has 2 amide bonds. The Morgan fingerprint density at radius 2 is 1.89 bits per heavy atom. The van der Waals surface area contributed by atoms with Gasteiger partial charge in [0.05, 0.1) is 22.6 Å². The van der Waals surface area contributed by atoms with E-state index < -0.39 is 23.7 Å². The summed E-state index contributed by atoms with van der Waals surface area (Å²) in [5.74, 6) is -0.486. The summed E-state index contributed by atoms with van der Waals surface area (Å²) in [4.78, 5) is 38.1. The molecule has 0 spiro atoms. The van der Waals surface area contributed by atoms with Gasteiger partial charge in [0.1, 0.15) is 19.0 Å². The molecule has 1 aliphatic rings. The van der Waals surface area contributed by atoms with Crippen LogP contribution < -0.4 is 9.47 Å². The lowest BCUT2D eigenvalue weighted by atomic mass is 10.1. The predicted octanol–water partition coefficient (Wildman–Crippen LogP) is 5.80. The van der Waals surface area contributed by atoms with Gasteiger partial charge in [0.15, 0.2) is 11.5 Å². The van der Waals surface area contributed by atoms with Crippen molar-refractivity contribution in [2.75, 3.05) is 19.8 Å². The van der Waals surface area contributed by atoms with E-state index in [1.807, 2.05) is 20.8 Å². The summed E-state index contributed by atoms with van der Waals surface area (Å²) < 4.78 is 30.4. The van der Waals surface area contributed by atoms with E-state index in [0.29, 0.717) is 28.1 Å². The predicted molar refractivity (Wildman–Crippen MR) is 135 cm³/mol. The number of hydrogen-bond acceptors (Lipinski definition) is 7. The minimum Gasteiger partial charge on any atom is -0.490 e. The van der Waals surface area contributed by atoms with E-state index in [0.717, 1.165) is 22.2 Å². The Morgan fingerprint density at radius 1 is 1.17 bits per heavy atom. The van der Waals surface area contributed by atoms with Crippen molar-refractivity contribution in [2.45, 2.75) is 27.4 Å². The number of halogens is 2. The van der Waals surface area contributed by atoms with Gasteiger partial charge < -0.3 is 14.2 Å². The highest BCUT2D eigenvalue weighted by Crippen LogP contribution is 2.39. The first-order valence-electron chi connectivity index (χ1n) is 10.9. The molecule has 35 heavy (non-hydrogen) atoms. The molecule has 0 radical (unpaired) electrons. The molecule has 1 saturated heterocycles. The van der Waals surface area contributed by atoms with Crippen LogP contribution in [-0.4, -0.2) is 41.8 Å². The summed E-state index contributed by atoms with van der Waals surface area (Å²) in [6.07, 6.45) is 1.56. The number of nitrogens with zero attached hydrogens (tertiary/aromatic N) is 1. The molecule has 0 aromatic heterocycles. The second kappa shape index (κ2) is 12.2. The fraction of sp³-hybridized carbons (Fsp3) is 0.320. The summed E-state index contributed by atoms with van der Waals surface area (Å²) in [6, 6.07) is 9.40. The number of benzene rings is 2. The number of hydrogen-bond donors (Lipinski definition) is 0. The maximum absolute atomic E-state index is 13.1. The molecular weight excluding hydrogens is 541 g/mol. The van der Waals surface area contributed by atoms with E-state index >= 15 is 0 Å². The number of carbonyl (C=O) groups is 3. The third kappa shape index (κ3) is 7.32. The highest BCUT2D eigenvalue weighted by Gasteiger charge is 2.36. The third-order valence-electron chi connectivity index (χ3n) is 4.66. The molecule has 3 rings (SSSR count). The number of rotatable bonds is 10. The third-order valence-corrected chi connectivity index (χ3v) is 6.16. The van der Waals surface area contributed by atoms with Crippen LogP contribution in [0.1, 0.15) is 31.9 Å². The standard InChI is InChI=1S/C25H25BrFNO6S/c1-4-32-20-10-17(9-19(26)23(20)34-14-16-5-7-18(27)8-6-16)11-21-24(30)28(25(31)35-21)12-22(29)33-13-15(2)3/h5-11,15H,4,12-14H2,1-3H3/b21-11-. The Kier molecular flexibility index (Phi) is 9.33. The Labute approximate surface area is 215 Å². The quantitative estimate of drug-likeness (QED) is 0.266. The lowest BCUT2D eigenvalue weighted by Crippen LogP contribution is -2.34. The van der Waals surface area contributed by atoms with Gasteiger partial charge in [-0.2, -0.15) is 0 Å². The number of imide groups is 1. The molecule has 0 N–H and O–H groups in total. The molecule has 1 aliphatic heterocycles. The Balaban J connectivity index is 1.77. The van der Waals surface area contributed by atoms with Gasteiger partial charge in [-0.3, -0.25) is 19.3 Å². The first kappa shape index (κ1) is 26.7. The number of esters is 1. The van der Waals surface area contributed by atoms with Gasteiger partial charge >= 0.3 is 5.97 Å². The summed E-state index contributed by atoms with van der Waals surface area (Å²) in [6.45, 7) is 5.97. The van der Waals surface area contributed by atoms with Crippen LogP contribution in [-0.2, 0) is 20.9 Å². The first-order chi connectivity index (χ1) is 16.7. The van der Waals surface area contributed by atoms with Gasteiger partial charge in [0, 0.05) is 0 Å². The molecule has 1 heterocycles. The lowest BCUT2D eigenvalue weighted by Gasteiger charge is -2.15. The Bertz CT molecular complexity index is 1140. The summed E-state index contributed by atoms with van der Waals surface area (Å²) in [5, 5.41) is -0.536. The molecule has 10 heteroatoms. The molecule has 0 atom stereocenters. The van der Waals surface area contributed by atoms with Crippen LogP contribution in [0, 0.1) is 11.7 Å². The molecular formula is C25H25BrFNO6S. The topological polar surface area (TPSA) is 82.1 Å². The van der Waals surface area contributed by atoms with Crippen LogP contribution in [0.4, 0.5) is 9.18 Å². The minimum absolute atomic E-state index is 0.148. The van der Waals surface area contributed by atoms with E-state index in [1.165, 1.54) is 12.1 Å². The first-order valence-corrected chi connectivity index (χ1v) is 12.5. The molecule has 2 aromatic rings. The van der Waals surface area contributed by atoms with Crippen molar-refractivity contribution in [3.63, 3.8) is 0 Å². The van der Waals surface area contributed by atoms with Crippen LogP contribution in [0.3, 0.4) is 0 Å². The van der Waals surface area contributed by atoms with Crippen LogP contribution in [0.5, 0.6) is 11.5 Å². The van der Waals surface area contributed by atoms with Crippen molar-refractivity contribution < 1.29 is 33.0 Å². The molecule has 1 fully saturated rings. The van der Waals surface area contributed by atoms with Gasteiger partial charge in [-0.25, -0.2) is 4.39 Å². The van der Waals surface area contributed by atoms with Gasteiger partial charge in [-0.15, -0.1) is 0 Å². The fourth-order valence-corrected chi connectivity index (χ4v) is 4.44. The zero-order valence-electron chi connectivity index (χ0n) is 19.5. The minimum atomic E-state index is -0.633. The van der Waals surface area contributed by atoms with Crippen LogP contribution in [0.2, 0.25) is 0 Å². The van der Waals surface area contributed by atoms with E-state index in [9.17, 15) is 18.8 Å². The van der Waals surface area contributed by atoms with Crippen LogP contribution in [0.15, 0.2) is 45.8 Å². The monoisotopic (exact) mass is 565 g/mol. The zero-order valence-corrected chi connectivity index (χ0v) is 21.9. The van der Waals surface area contributed by atoms with E-state index in [-0.39, 0.29) is 29.9 Å². The highest BCUT2D eigenvalue weighted by atomic mass is 79.9. The molecule has 7 nitrogen and oxygen atoms in total. The lowest BCUT2D eigenvalue weighted by molar-refractivity contribution is -0.147. The average molecular weight is 566 g/mol. The molecule has 0 saturated carbocycles.